The van der Waals surface area contributed by atoms with Crippen molar-refractivity contribution in [2.45, 2.75) is 6.92 Å². The first kappa shape index (κ1) is 24.8. The van der Waals surface area contributed by atoms with Crippen molar-refractivity contribution in [1.82, 2.24) is 14.9 Å². The summed E-state index contributed by atoms with van der Waals surface area (Å²) in [6, 6.07) is 16.7. The molecule has 0 atom stereocenters. The molecule has 1 N–H and O–H groups in total. The summed E-state index contributed by atoms with van der Waals surface area (Å²) in [5.74, 6) is 0.971. The summed E-state index contributed by atoms with van der Waals surface area (Å²) in [6.07, 6.45) is 2.54. The van der Waals surface area contributed by atoms with Crippen LogP contribution >= 0.6 is 11.6 Å². The van der Waals surface area contributed by atoms with E-state index in [2.05, 4.69) is 32.0 Å². The third-order valence-electron chi connectivity index (χ3n) is 6.55. The van der Waals surface area contributed by atoms with Gasteiger partial charge in [0.2, 0.25) is 0 Å². The van der Waals surface area contributed by atoms with Crippen molar-refractivity contribution < 1.29 is 14.3 Å². The van der Waals surface area contributed by atoms with Crippen LogP contribution in [0.15, 0.2) is 67.0 Å². The van der Waals surface area contributed by atoms with Crippen LogP contribution in [-0.4, -0.2) is 60.8 Å². The molecule has 9 heteroatoms. The van der Waals surface area contributed by atoms with Gasteiger partial charge in [0.1, 0.15) is 16.8 Å². The second-order valence-corrected chi connectivity index (χ2v) is 9.10. The summed E-state index contributed by atoms with van der Waals surface area (Å²) < 4.78 is 11.0. The Labute approximate surface area is 220 Å². The highest BCUT2D eigenvalue weighted by Gasteiger charge is 2.18. The lowest BCUT2D eigenvalue weighted by Crippen LogP contribution is -2.46. The Morgan fingerprint density at radius 3 is 2.38 bits per heavy atom. The zero-order valence-electron chi connectivity index (χ0n) is 20.8. The average Bonchev–Trinajstić information content (AvgIpc) is 2.94. The van der Waals surface area contributed by atoms with E-state index in [0.717, 1.165) is 49.5 Å². The van der Waals surface area contributed by atoms with Gasteiger partial charge in [-0.2, -0.15) is 0 Å². The van der Waals surface area contributed by atoms with Crippen molar-refractivity contribution in [1.29, 1.82) is 0 Å². The molecule has 1 aromatic heterocycles. The monoisotopic (exact) mass is 517 g/mol. The highest BCUT2D eigenvalue weighted by Crippen LogP contribution is 2.37. The van der Waals surface area contributed by atoms with E-state index >= 15 is 0 Å². The van der Waals surface area contributed by atoms with Crippen LogP contribution in [0.25, 0.3) is 22.2 Å². The standard InChI is InChI=1S/C28H28ClN5O3/c1-3-33-14-16-34(17-15-33)20-6-4-19(5-7-20)32-28(35)37-25-11-9-22(26-27(25)31-13-12-30-26)23-18-21(36-2)8-10-24(23)29/h4-13,18H,3,14-17H2,1-2H3,(H,32,35). The number of anilines is 2. The van der Waals surface area contributed by atoms with E-state index in [1.807, 2.05) is 36.4 Å². The lowest BCUT2D eigenvalue weighted by atomic mass is 10.0. The van der Waals surface area contributed by atoms with Crippen molar-refractivity contribution in [3.05, 3.63) is 72.0 Å². The fourth-order valence-corrected chi connectivity index (χ4v) is 4.71. The van der Waals surface area contributed by atoms with Crippen molar-refractivity contribution in [2.75, 3.05) is 50.1 Å². The molecule has 0 radical (unpaired) electrons. The minimum absolute atomic E-state index is 0.300. The minimum atomic E-state index is -0.608. The normalized spacial score (nSPS) is 14.0. The Bertz CT molecular complexity index is 1410. The maximum Gasteiger partial charge on any atom is 0.417 e. The number of methoxy groups -OCH3 is 1. The van der Waals surface area contributed by atoms with Gasteiger partial charge in [0, 0.05) is 66.1 Å². The van der Waals surface area contributed by atoms with Gasteiger partial charge in [-0.25, -0.2) is 9.78 Å². The second kappa shape index (κ2) is 11.0. The van der Waals surface area contributed by atoms with Crippen LogP contribution in [0.1, 0.15) is 6.92 Å². The van der Waals surface area contributed by atoms with E-state index in [4.69, 9.17) is 21.1 Å². The third kappa shape index (κ3) is 5.45. The van der Waals surface area contributed by atoms with Crippen LogP contribution in [-0.2, 0) is 0 Å². The number of piperazine rings is 1. The Hall–Kier alpha value is -3.88. The van der Waals surface area contributed by atoms with E-state index in [0.29, 0.717) is 33.2 Å². The Morgan fingerprint density at radius 2 is 1.68 bits per heavy atom. The second-order valence-electron chi connectivity index (χ2n) is 8.69. The number of hydrogen-bond acceptors (Lipinski definition) is 7. The summed E-state index contributed by atoms with van der Waals surface area (Å²) in [7, 11) is 1.60. The molecule has 8 nitrogen and oxygen atoms in total. The van der Waals surface area contributed by atoms with E-state index in [9.17, 15) is 4.79 Å². The van der Waals surface area contributed by atoms with E-state index < -0.39 is 6.09 Å². The molecule has 37 heavy (non-hydrogen) atoms. The predicted octanol–water partition coefficient (Wildman–Crippen LogP) is 5.71. The smallest absolute Gasteiger partial charge is 0.417 e. The third-order valence-corrected chi connectivity index (χ3v) is 6.88. The van der Waals surface area contributed by atoms with Gasteiger partial charge in [-0.3, -0.25) is 10.3 Å². The van der Waals surface area contributed by atoms with Crippen LogP contribution in [0.3, 0.4) is 0 Å². The van der Waals surface area contributed by atoms with Gasteiger partial charge in [-0.1, -0.05) is 18.5 Å². The van der Waals surface area contributed by atoms with Crippen LogP contribution < -0.4 is 19.7 Å². The topological polar surface area (TPSA) is 79.8 Å². The van der Waals surface area contributed by atoms with Gasteiger partial charge in [0.25, 0.3) is 0 Å². The molecule has 1 amide bonds. The van der Waals surface area contributed by atoms with Crippen LogP contribution in [0.5, 0.6) is 11.5 Å². The Kier molecular flexibility index (Phi) is 7.39. The number of rotatable bonds is 6. The molecule has 3 aromatic carbocycles. The number of carbonyl (C=O) groups is 1. The number of nitrogens with one attached hydrogen (secondary N) is 1. The molecular weight excluding hydrogens is 490 g/mol. The zero-order valence-corrected chi connectivity index (χ0v) is 21.5. The van der Waals surface area contributed by atoms with Crippen molar-refractivity contribution in [3.8, 4) is 22.6 Å². The molecule has 4 aromatic rings. The number of ether oxygens (including phenoxy) is 2. The van der Waals surface area contributed by atoms with Crippen molar-refractivity contribution in [2.24, 2.45) is 0 Å². The molecule has 1 aliphatic heterocycles. The number of aromatic nitrogens is 2. The summed E-state index contributed by atoms with van der Waals surface area (Å²) >= 11 is 6.47. The molecule has 1 aliphatic rings. The fourth-order valence-electron chi connectivity index (χ4n) is 4.49. The number of fused-ring (bicyclic) bond motifs is 1. The molecule has 5 rings (SSSR count). The van der Waals surface area contributed by atoms with Gasteiger partial charge < -0.3 is 19.3 Å². The van der Waals surface area contributed by atoms with E-state index in [-0.39, 0.29) is 0 Å². The molecule has 0 bridgehead atoms. The molecule has 1 fully saturated rings. The molecule has 1 saturated heterocycles. The zero-order chi connectivity index (χ0) is 25.8. The number of halogens is 1. The summed E-state index contributed by atoms with van der Waals surface area (Å²) in [5, 5.41) is 3.35. The summed E-state index contributed by atoms with van der Waals surface area (Å²) in [4.78, 5) is 26.4. The van der Waals surface area contributed by atoms with E-state index in [1.165, 1.54) is 0 Å². The van der Waals surface area contributed by atoms with Gasteiger partial charge in [0.15, 0.2) is 5.75 Å². The van der Waals surface area contributed by atoms with E-state index in [1.54, 1.807) is 37.7 Å². The van der Waals surface area contributed by atoms with Gasteiger partial charge >= 0.3 is 6.09 Å². The first-order chi connectivity index (χ1) is 18.1. The molecule has 0 unspecified atom stereocenters. The molecule has 2 heterocycles. The lowest BCUT2D eigenvalue weighted by molar-refractivity contribution is 0.215. The highest BCUT2D eigenvalue weighted by molar-refractivity contribution is 6.33. The largest absolute Gasteiger partial charge is 0.497 e. The number of nitrogens with zero attached hydrogens (tertiary/aromatic N) is 4. The number of benzene rings is 3. The summed E-state index contributed by atoms with van der Waals surface area (Å²) in [5.41, 5.74) is 4.32. The maximum absolute atomic E-state index is 12.7. The predicted molar refractivity (Wildman–Crippen MR) is 147 cm³/mol. The minimum Gasteiger partial charge on any atom is -0.497 e. The van der Waals surface area contributed by atoms with Crippen LogP contribution in [0.2, 0.25) is 5.02 Å². The first-order valence-corrected chi connectivity index (χ1v) is 12.6. The fraction of sp³-hybridized carbons (Fsp3) is 0.250. The lowest BCUT2D eigenvalue weighted by Gasteiger charge is -2.35. The van der Waals surface area contributed by atoms with Crippen LogP contribution in [0.4, 0.5) is 16.2 Å². The SMILES string of the molecule is CCN1CCN(c2ccc(NC(=O)Oc3ccc(-c4cc(OC)ccc4Cl)c4nccnc34)cc2)CC1. The van der Waals surface area contributed by atoms with Gasteiger partial charge in [0.05, 0.1) is 7.11 Å². The van der Waals surface area contributed by atoms with Gasteiger partial charge in [-0.15, -0.1) is 0 Å². The molecular formula is C28H28ClN5O3. The quantitative estimate of drug-likeness (QED) is 0.351. The summed E-state index contributed by atoms with van der Waals surface area (Å²) in [6.45, 7) is 7.37. The van der Waals surface area contributed by atoms with Gasteiger partial charge in [-0.05, 0) is 61.1 Å². The molecule has 0 aliphatic carbocycles. The number of likely N-dealkylation sites (N-methyl/N-ethyl adjacent to an activating group) is 1. The maximum atomic E-state index is 12.7. The number of carbonyl (C=O) groups excluding carboxylic acids is 1. The Balaban J connectivity index is 1.32. The van der Waals surface area contributed by atoms with Crippen molar-refractivity contribution in [3.63, 3.8) is 0 Å². The number of hydrogen-bond donors (Lipinski definition) is 1. The first-order valence-electron chi connectivity index (χ1n) is 12.2. The van der Waals surface area contributed by atoms with Crippen molar-refractivity contribution >= 4 is 40.1 Å². The molecule has 0 spiro atoms. The Morgan fingerprint density at radius 1 is 0.946 bits per heavy atom. The van der Waals surface area contributed by atoms with Crippen LogP contribution in [0, 0.1) is 0 Å². The highest BCUT2D eigenvalue weighted by atomic mass is 35.5. The molecule has 190 valence electrons. The molecule has 0 saturated carbocycles. The number of amides is 1. The average molecular weight is 518 g/mol.